The molecule has 0 amide bonds. The lowest BCUT2D eigenvalue weighted by Crippen LogP contribution is -2.31. The monoisotopic (exact) mass is 441 g/mol. The first-order chi connectivity index (χ1) is 16.2. The van der Waals surface area contributed by atoms with E-state index in [1.807, 2.05) is 41.3 Å². The van der Waals surface area contributed by atoms with Gasteiger partial charge in [0.25, 0.3) is 0 Å². The molecule has 5 rings (SSSR count). The molecule has 0 aliphatic carbocycles. The second kappa shape index (κ2) is 9.67. The summed E-state index contributed by atoms with van der Waals surface area (Å²) in [6, 6.07) is 16.4. The van der Waals surface area contributed by atoms with Crippen molar-refractivity contribution in [2.75, 3.05) is 31.1 Å². The van der Waals surface area contributed by atoms with Crippen molar-refractivity contribution in [1.82, 2.24) is 29.6 Å². The van der Waals surface area contributed by atoms with Crippen LogP contribution in [0.4, 0.5) is 5.82 Å². The van der Waals surface area contributed by atoms with Gasteiger partial charge in [-0.15, -0.1) is 0 Å². The number of aromatic nitrogens is 5. The van der Waals surface area contributed by atoms with Crippen molar-refractivity contribution in [3.8, 4) is 5.69 Å². The molecule has 1 aliphatic heterocycles. The fourth-order valence-electron chi connectivity index (χ4n) is 4.45. The fraction of sp³-hybridized carbons (Fsp3) is 0.385. The van der Waals surface area contributed by atoms with Gasteiger partial charge >= 0.3 is 0 Å². The molecule has 0 bridgehead atoms. The normalized spacial score (nSPS) is 15.3. The molecule has 4 aromatic rings. The van der Waals surface area contributed by atoms with Crippen molar-refractivity contribution in [3.05, 3.63) is 72.4 Å². The Morgan fingerprint density at radius 2 is 1.76 bits per heavy atom. The topological polar surface area (TPSA) is 63.0 Å². The Hall–Kier alpha value is -3.32. The van der Waals surface area contributed by atoms with Gasteiger partial charge < -0.3 is 4.90 Å². The van der Waals surface area contributed by atoms with E-state index in [-0.39, 0.29) is 0 Å². The Balaban J connectivity index is 1.46. The minimum Gasteiger partial charge on any atom is -0.355 e. The molecule has 1 aromatic carbocycles. The Bertz CT molecular complexity index is 1190. The zero-order valence-electron chi connectivity index (χ0n) is 19.4. The number of para-hydroxylation sites is 1. The highest BCUT2D eigenvalue weighted by Gasteiger charge is 2.22. The number of hydrogen-bond donors (Lipinski definition) is 0. The second-order valence-corrected chi connectivity index (χ2v) is 9.13. The van der Waals surface area contributed by atoms with Crippen LogP contribution in [0, 0.1) is 5.92 Å². The number of nitrogens with zero attached hydrogens (tertiary/aromatic N) is 7. The number of anilines is 1. The van der Waals surface area contributed by atoms with Crippen LogP contribution in [0.2, 0.25) is 0 Å². The van der Waals surface area contributed by atoms with Crippen LogP contribution < -0.4 is 4.90 Å². The first-order valence-electron chi connectivity index (χ1n) is 11.8. The van der Waals surface area contributed by atoms with Gasteiger partial charge in [0.05, 0.1) is 23.0 Å². The SMILES string of the molecule is CC(C)Cc1nc(N2CCCN(Cc3ccccn3)CC2)c2cnn(-c3ccccc3)c2n1. The van der Waals surface area contributed by atoms with Crippen molar-refractivity contribution < 1.29 is 0 Å². The average molecular weight is 442 g/mol. The molecule has 0 saturated carbocycles. The maximum Gasteiger partial charge on any atom is 0.168 e. The maximum atomic E-state index is 5.05. The predicted molar refractivity (Wildman–Crippen MR) is 132 cm³/mol. The van der Waals surface area contributed by atoms with Crippen molar-refractivity contribution in [2.45, 2.75) is 33.2 Å². The molecule has 0 spiro atoms. The van der Waals surface area contributed by atoms with Gasteiger partial charge in [-0.3, -0.25) is 9.88 Å². The standard InChI is InChI=1S/C26H31N7/c1-20(2)17-24-29-25(23-18-28-33(26(23)30-24)22-10-4-3-5-11-22)32-14-8-13-31(15-16-32)19-21-9-6-7-12-27-21/h3-7,9-12,18,20H,8,13-17,19H2,1-2H3. The molecule has 33 heavy (non-hydrogen) atoms. The van der Waals surface area contributed by atoms with Crippen LogP contribution in [0.25, 0.3) is 16.7 Å². The van der Waals surface area contributed by atoms with Gasteiger partial charge in [-0.2, -0.15) is 5.10 Å². The maximum absolute atomic E-state index is 5.05. The molecule has 0 atom stereocenters. The molecule has 0 radical (unpaired) electrons. The average Bonchev–Trinajstić information content (AvgIpc) is 3.11. The minimum absolute atomic E-state index is 0.487. The zero-order valence-corrected chi connectivity index (χ0v) is 19.4. The highest BCUT2D eigenvalue weighted by atomic mass is 15.3. The van der Waals surface area contributed by atoms with Gasteiger partial charge in [0.1, 0.15) is 11.6 Å². The van der Waals surface area contributed by atoms with E-state index in [9.17, 15) is 0 Å². The predicted octanol–water partition coefficient (Wildman–Crippen LogP) is 4.12. The second-order valence-electron chi connectivity index (χ2n) is 9.13. The van der Waals surface area contributed by atoms with Crippen LogP contribution in [0.15, 0.2) is 60.9 Å². The largest absolute Gasteiger partial charge is 0.355 e. The fourth-order valence-corrected chi connectivity index (χ4v) is 4.45. The molecule has 0 unspecified atom stereocenters. The van der Waals surface area contributed by atoms with Crippen molar-refractivity contribution >= 4 is 16.9 Å². The first-order valence-corrected chi connectivity index (χ1v) is 11.8. The molecule has 1 aliphatic rings. The summed E-state index contributed by atoms with van der Waals surface area (Å²) in [5.74, 6) is 2.39. The van der Waals surface area contributed by atoms with Gasteiger partial charge in [0, 0.05) is 45.3 Å². The first kappa shape index (κ1) is 21.5. The third-order valence-electron chi connectivity index (χ3n) is 6.05. The molecule has 4 heterocycles. The molecule has 1 fully saturated rings. The van der Waals surface area contributed by atoms with E-state index < -0.39 is 0 Å². The van der Waals surface area contributed by atoms with Crippen molar-refractivity contribution in [2.24, 2.45) is 5.92 Å². The summed E-state index contributed by atoms with van der Waals surface area (Å²) < 4.78 is 1.94. The van der Waals surface area contributed by atoms with E-state index in [4.69, 9.17) is 15.1 Å². The van der Waals surface area contributed by atoms with Crippen molar-refractivity contribution in [1.29, 1.82) is 0 Å². The van der Waals surface area contributed by atoms with Gasteiger partial charge in [-0.25, -0.2) is 14.6 Å². The summed E-state index contributed by atoms with van der Waals surface area (Å²) in [5.41, 5.74) is 3.03. The molecular weight excluding hydrogens is 410 g/mol. The number of fused-ring (bicyclic) bond motifs is 1. The summed E-state index contributed by atoms with van der Waals surface area (Å²) in [6.45, 7) is 9.25. The number of hydrogen-bond acceptors (Lipinski definition) is 6. The quantitative estimate of drug-likeness (QED) is 0.449. The smallest absolute Gasteiger partial charge is 0.168 e. The molecule has 7 nitrogen and oxygen atoms in total. The van der Waals surface area contributed by atoms with E-state index in [0.717, 1.165) is 79.6 Å². The Labute approximate surface area is 195 Å². The lowest BCUT2D eigenvalue weighted by Gasteiger charge is -2.23. The molecular formula is C26H31N7. The summed E-state index contributed by atoms with van der Waals surface area (Å²) in [7, 11) is 0. The van der Waals surface area contributed by atoms with Crippen LogP contribution in [0.1, 0.15) is 31.8 Å². The minimum atomic E-state index is 0.487. The Kier molecular flexibility index (Phi) is 6.30. The Morgan fingerprint density at radius 3 is 2.55 bits per heavy atom. The van der Waals surface area contributed by atoms with Crippen LogP contribution in [-0.2, 0) is 13.0 Å². The Morgan fingerprint density at radius 1 is 0.909 bits per heavy atom. The highest BCUT2D eigenvalue weighted by molar-refractivity contribution is 5.88. The summed E-state index contributed by atoms with van der Waals surface area (Å²) in [5, 5.41) is 5.72. The van der Waals surface area contributed by atoms with Crippen LogP contribution >= 0.6 is 0 Å². The molecule has 7 heteroatoms. The van der Waals surface area contributed by atoms with E-state index in [1.165, 1.54) is 0 Å². The van der Waals surface area contributed by atoms with Gasteiger partial charge in [0.15, 0.2) is 5.65 Å². The lowest BCUT2D eigenvalue weighted by molar-refractivity contribution is 0.282. The van der Waals surface area contributed by atoms with Crippen molar-refractivity contribution in [3.63, 3.8) is 0 Å². The molecule has 3 aromatic heterocycles. The lowest BCUT2D eigenvalue weighted by atomic mass is 10.1. The van der Waals surface area contributed by atoms with E-state index in [1.54, 1.807) is 0 Å². The third-order valence-corrected chi connectivity index (χ3v) is 6.05. The van der Waals surface area contributed by atoms with Crippen LogP contribution in [0.5, 0.6) is 0 Å². The highest BCUT2D eigenvalue weighted by Crippen LogP contribution is 2.27. The van der Waals surface area contributed by atoms with Gasteiger partial charge in [0.2, 0.25) is 0 Å². The van der Waals surface area contributed by atoms with E-state index in [0.29, 0.717) is 5.92 Å². The van der Waals surface area contributed by atoms with Crippen LogP contribution in [0.3, 0.4) is 0 Å². The van der Waals surface area contributed by atoms with Crippen LogP contribution in [-0.4, -0.2) is 55.8 Å². The van der Waals surface area contributed by atoms with Gasteiger partial charge in [-0.1, -0.05) is 38.1 Å². The number of pyridine rings is 1. The molecule has 0 N–H and O–H groups in total. The third kappa shape index (κ3) is 4.88. The van der Waals surface area contributed by atoms with E-state index >= 15 is 0 Å². The summed E-state index contributed by atoms with van der Waals surface area (Å²) in [6.07, 6.45) is 5.73. The zero-order chi connectivity index (χ0) is 22.6. The molecule has 170 valence electrons. The molecule has 1 saturated heterocycles. The summed E-state index contributed by atoms with van der Waals surface area (Å²) >= 11 is 0. The van der Waals surface area contributed by atoms with E-state index in [2.05, 4.69) is 52.9 Å². The van der Waals surface area contributed by atoms with Gasteiger partial charge in [-0.05, 0) is 36.6 Å². The summed E-state index contributed by atoms with van der Waals surface area (Å²) in [4.78, 5) is 19.4. The number of benzene rings is 1. The number of rotatable bonds is 6.